The summed E-state index contributed by atoms with van der Waals surface area (Å²) >= 11 is 1.81. The third-order valence-electron chi connectivity index (χ3n) is 8.71. The number of morpholine rings is 1. The lowest BCUT2D eigenvalue weighted by Gasteiger charge is -2.38. The van der Waals surface area contributed by atoms with Gasteiger partial charge in [0, 0.05) is 62.4 Å². The summed E-state index contributed by atoms with van der Waals surface area (Å²) < 4.78 is 25.6. The van der Waals surface area contributed by atoms with E-state index >= 15 is 0 Å². The first kappa shape index (κ1) is 25.1. The molecule has 6 heterocycles. The van der Waals surface area contributed by atoms with Gasteiger partial charge in [-0.1, -0.05) is 11.8 Å². The van der Waals surface area contributed by atoms with Gasteiger partial charge in [-0.3, -0.25) is 9.58 Å². The molecular formula is C27H38N6O4S. The number of hydrogen-bond donors (Lipinski definition) is 1. The van der Waals surface area contributed by atoms with Crippen LogP contribution in [0.2, 0.25) is 0 Å². The fourth-order valence-corrected chi connectivity index (χ4v) is 7.98. The van der Waals surface area contributed by atoms with Crippen LogP contribution < -0.4 is 10.1 Å². The van der Waals surface area contributed by atoms with Crippen molar-refractivity contribution < 1.29 is 18.9 Å². The van der Waals surface area contributed by atoms with Crippen molar-refractivity contribution in [3.8, 4) is 5.88 Å². The molecule has 10 nitrogen and oxygen atoms in total. The second kappa shape index (κ2) is 11.3. The first-order chi connectivity index (χ1) is 18.8. The Hall–Kier alpha value is -1.92. The number of anilines is 2. The molecule has 5 aliphatic rings. The molecule has 3 saturated heterocycles. The van der Waals surface area contributed by atoms with Gasteiger partial charge in [0.15, 0.2) is 5.82 Å². The zero-order valence-corrected chi connectivity index (χ0v) is 22.7. The van der Waals surface area contributed by atoms with Gasteiger partial charge in [-0.05, 0) is 44.9 Å². The molecule has 0 amide bonds. The maximum atomic E-state index is 6.73. The Morgan fingerprint density at radius 2 is 1.66 bits per heavy atom. The lowest BCUT2D eigenvalue weighted by molar-refractivity contribution is -0.00158. The molecule has 2 aromatic rings. The largest absolute Gasteiger partial charge is 0.474 e. The molecule has 1 N–H and O–H groups in total. The first-order valence-electron chi connectivity index (χ1n) is 14.3. The van der Waals surface area contributed by atoms with Gasteiger partial charge in [0.25, 0.3) is 0 Å². The predicted molar refractivity (Wildman–Crippen MR) is 144 cm³/mol. The molecular weight excluding hydrogens is 504 g/mol. The third-order valence-corrected chi connectivity index (χ3v) is 10.0. The minimum atomic E-state index is 0.191. The van der Waals surface area contributed by atoms with Crippen LogP contribution in [0, 0.1) is 0 Å². The van der Waals surface area contributed by atoms with Crippen LogP contribution in [0.1, 0.15) is 62.5 Å². The second-order valence-electron chi connectivity index (χ2n) is 11.0. The maximum absolute atomic E-state index is 6.73. The Balaban J connectivity index is 1.08. The van der Waals surface area contributed by atoms with Crippen molar-refractivity contribution in [1.29, 1.82) is 0 Å². The van der Waals surface area contributed by atoms with Crippen LogP contribution in [0.15, 0.2) is 17.3 Å². The molecule has 2 aromatic heterocycles. The fraction of sp³-hybridized carbons (Fsp3) is 0.741. The number of fused-ring (bicyclic) bond motifs is 3. The van der Waals surface area contributed by atoms with E-state index in [1.54, 1.807) is 0 Å². The van der Waals surface area contributed by atoms with E-state index in [0.29, 0.717) is 29.2 Å². The van der Waals surface area contributed by atoms with Gasteiger partial charge in [0.1, 0.15) is 11.1 Å². The summed E-state index contributed by atoms with van der Waals surface area (Å²) in [6, 6.07) is 3.03. The van der Waals surface area contributed by atoms with Crippen LogP contribution in [0.3, 0.4) is 0 Å². The number of thioether (sulfide) groups is 1. The second-order valence-corrected chi connectivity index (χ2v) is 12.3. The summed E-state index contributed by atoms with van der Waals surface area (Å²) in [6.07, 6.45) is 9.66. The van der Waals surface area contributed by atoms with Crippen LogP contribution in [-0.2, 0) is 14.2 Å². The highest BCUT2D eigenvalue weighted by Crippen LogP contribution is 2.51. The van der Waals surface area contributed by atoms with E-state index in [1.807, 2.05) is 28.7 Å². The monoisotopic (exact) mass is 542 g/mol. The van der Waals surface area contributed by atoms with Gasteiger partial charge in [-0.15, -0.1) is 0 Å². The van der Waals surface area contributed by atoms with Gasteiger partial charge in [-0.2, -0.15) is 10.1 Å². The Morgan fingerprint density at radius 3 is 2.50 bits per heavy atom. The topological polar surface area (TPSA) is 95.8 Å². The summed E-state index contributed by atoms with van der Waals surface area (Å²) in [6.45, 7) is 6.95. The number of nitrogens with one attached hydrogen (secondary N) is 1. The highest BCUT2D eigenvalue weighted by atomic mass is 32.2. The van der Waals surface area contributed by atoms with Crippen LogP contribution in [0.25, 0.3) is 0 Å². The zero-order chi connectivity index (χ0) is 25.3. The maximum Gasteiger partial charge on any atom is 0.232 e. The molecule has 2 unspecified atom stereocenters. The van der Waals surface area contributed by atoms with Gasteiger partial charge in [0.05, 0.1) is 31.4 Å². The average Bonchev–Trinajstić information content (AvgIpc) is 3.59. The number of ether oxygens (including phenoxy) is 4. The Labute approximate surface area is 228 Å². The van der Waals surface area contributed by atoms with Crippen LogP contribution in [0.5, 0.6) is 5.88 Å². The highest BCUT2D eigenvalue weighted by Gasteiger charge is 2.41. The fourth-order valence-electron chi connectivity index (χ4n) is 6.58. The molecule has 0 spiro atoms. The molecule has 0 bridgehead atoms. The number of nitrogens with zero attached hydrogens (tertiary/aromatic N) is 5. The summed E-state index contributed by atoms with van der Waals surface area (Å²) in [5.74, 6) is 2.48. The van der Waals surface area contributed by atoms with E-state index in [2.05, 4.69) is 10.2 Å². The van der Waals surface area contributed by atoms with Crippen LogP contribution in [-0.4, -0.2) is 94.8 Å². The third kappa shape index (κ3) is 5.28. The number of rotatable bonds is 6. The quantitative estimate of drug-likeness (QED) is 0.544. The van der Waals surface area contributed by atoms with Crippen molar-refractivity contribution in [2.75, 3.05) is 58.0 Å². The SMILES string of the molecule is c1cn(C2CCOCC2)nc1Nc1nc(OC2CCC(N3CCOCC3)CC2)c2c(n1)SC1COCCC21. The minimum absolute atomic E-state index is 0.191. The smallest absolute Gasteiger partial charge is 0.232 e. The van der Waals surface area contributed by atoms with Gasteiger partial charge < -0.3 is 24.3 Å². The van der Waals surface area contributed by atoms with Gasteiger partial charge in [-0.25, -0.2) is 4.98 Å². The first-order valence-corrected chi connectivity index (χ1v) is 15.2. The standard InChI is InChI=1S/C27H38N6O4S/c1-3-20(4-2-18(1)32-10-15-35-16-11-32)37-25-24-21-8-14-36-17-22(21)38-26(24)30-27(29-25)28-23-5-9-33(31-23)19-6-12-34-13-7-19/h5,9,18-22H,1-4,6-8,10-17H2,(H,28,29,30,31). The van der Waals surface area contributed by atoms with Crippen molar-refractivity contribution in [2.24, 2.45) is 0 Å². The van der Waals surface area contributed by atoms with Crippen LogP contribution >= 0.6 is 11.8 Å². The van der Waals surface area contributed by atoms with Crippen LogP contribution in [0.4, 0.5) is 11.8 Å². The van der Waals surface area contributed by atoms with Crippen molar-refractivity contribution in [3.63, 3.8) is 0 Å². The van der Waals surface area contributed by atoms with E-state index in [-0.39, 0.29) is 6.10 Å². The summed E-state index contributed by atoms with van der Waals surface area (Å²) in [5.41, 5.74) is 1.19. The van der Waals surface area contributed by atoms with Gasteiger partial charge in [0.2, 0.25) is 11.8 Å². The van der Waals surface area contributed by atoms with Crippen molar-refractivity contribution in [3.05, 3.63) is 17.8 Å². The van der Waals surface area contributed by atoms with E-state index in [1.165, 1.54) is 18.4 Å². The average molecular weight is 543 g/mol. The molecule has 0 radical (unpaired) electrons. The summed E-state index contributed by atoms with van der Waals surface area (Å²) in [5, 5.41) is 9.57. The molecule has 1 saturated carbocycles. The Kier molecular flexibility index (Phi) is 7.45. The minimum Gasteiger partial charge on any atom is -0.474 e. The van der Waals surface area contributed by atoms with E-state index in [0.717, 1.165) is 102 Å². The lowest BCUT2D eigenvalue weighted by Crippen LogP contribution is -2.46. The summed E-state index contributed by atoms with van der Waals surface area (Å²) in [4.78, 5) is 12.5. The predicted octanol–water partition coefficient (Wildman–Crippen LogP) is 3.77. The molecule has 7 rings (SSSR count). The Morgan fingerprint density at radius 1 is 0.868 bits per heavy atom. The van der Waals surface area contributed by atoms with E-state index < -0.39 is 0 Å². The van der Waals surface area contributed by atoms with Gasteiger partial charge >= 0.3 is 0 Å². The molecule has 4 aliphatic heterocycles. The summed E-state index contributed by atoms with van der Waals surface area (Å²) in [7, 11) is 0. The molecule has 38 heavy (non-hydrogen) atoms. The van der Waals surface area contributed by atoms with Crippen molar-refractivity contribution in [1.82, 2.24) is 24.6 Å². The van der Waals surface area contributed by atoms with E-state index in [9.17, 15) is 0 Å². The highest BCUT2D eigenvalue weighted by molar-refractivity contribution is 8.00. The molecule has 1 aliphatic carbocycles. The Bertz CT molecular complexity index is 1100. The van der Waals surface area contributed by atoms with Crippen molar-refractivity contribution in [2.45, 2.75) is 79.3 Å². The normalized spacial score (nSPS) is 30.5. The molecule has 0 aromatic carbocycles. The zero-order valence-electron chi connectivity index (χ0n) is 21.9. The molecule has 11 heteroatoms. The number of hydrogen-bond acceptors (Lipinski definition) is 10. The van der Waals surface area contributed by atoms with Crippen molar-refractivity contribution >= 4 is 23.5 Å². The lowest BCUT2D eigenvalue weighted by atomic mass is 9.91. The molecule has 206 valence electrons. The van der Waals surface area contributed by atoms with E-state index in [4.69, 9.17) is 34.0 Å². The molecule has 2 atom stereocenters. The number of aromatic nitrogens is 4. The molecule has 4 fully saturated rings.